The molecule has 1 aliphatic rings. The molecule has 0 bridgehead atoms. The molecule has 4 rings (SSSR count). The average Bonchev–Trinajstić information content (AvgIpc) is 2.86. The zero-order valence-electron chi connectivity index (χ0n) is 21.4. The number of halogens is 1. The lowest BCUT2D eigenvalue weighted by Gasteiger charge is -2.38. The molecule has 1 fully saturated rings. The Balaban J connectivity index is 1.61. The summed E-state index contributed by atoms with van der Waals surface area (Å²) in [5.74, 6) is 1.92. The van der Waals surface area contributed by atoms with Gasteiger partial charge in [0.05, 0.1) is 23.7 Å². The van der Waals surface area contributed by atoms with Gasteiger partial charge in [-0.3, -0.25) is 14.7 Å². The number of aromatic nitrogens is 1. The topological polar surface area (TPSA) is 108 Å². The van der Waals surface area contributed by atoms with E-state index in [1.165, 1.54) is 41.3 Å². The first-order valence-corrected chi connectivity index (χ1v) is 15.6. The molecule has 1 aromatic heterocycles. The van der Waals surface area contributed by atoms with Gasteiger partial charge in [-0.25, -0.2) is 21.2 Å². The Kier molecular flexibility index (Phi) is 8.06. The van der Waals surface area contributed by atoms with Crippen molar-refractivity contribution in [3.63, 3.8) is 0 Å². The maximum absolute atomic E-state index is 13.2. The SMILES string of the molecule is C#C[C@@H]1CN(Cc2ccc(F)cc2)CCN1C(=O)/C=C/c1cc2ncccc2cc1N(S(C)(=O)=O)S(C)(=O)=O. The van der Waals surface area contributed by atoms with Gasteiger partial charge in [-0.05, 0) is 42.0 Å². The van der Waals surface area contributed by atoms with Gasteiger partial charge < -0.3 is 4.90 Å². The number of carbonyl (C=O) groups excluding carboxylic acids is 1. The van der Waals surface area contributed by atoms with Crippen LogP contribution < -0.4 is 3.71 Å². The molecule has 204 valence electrons. The fraction of sp³-hybridized carbons (Fsp3) is 0.259. The first-order valence-electron chi connectivity index (χ1n) is 11.9. The van der Waals surface area contributed by atoms with E-state index in [1.54, 1.807) is 30.5 Å². The predicted octanol–water partition coefficient (Wildman–Crippen LogP) is 2.46. The first kappa shape index (κ1) is 28.2. The lowest BCUT2D eigenvalue weighted by Crippen LogP contribution is -2.53. The third-order valence-electron chi connectivity index (χ3n) is 6.22. The minimum atomic E-state index is -4.23. The smallest absolute Gasteiger partial charge is 0.247 e. The number of hydrogen-bond donors (Lipinski definition) is 0. The number of pyridine rings is 1. The lowest BCUT2D eigenvalue weighted by atomic mass is 10.1. The van der Waals surface area contributed by atoms with E-state index in [4.69, 9.17) is 6.42 Å². The lowest BCUT2D eigenvalue weighted by molar-refractivity contribution is -0.129. The Morgan fingerprint density at radius 3 is 2.46 bits per heavy atom. The number of carbonyl (C=O) groups is 1. The fourth-order valence-corrected chi connectivity index (χ4v) is 7.51. The molecule has 0 N–H and O–H groups in total. The number of rotatable bonds is 7. The maximum atomic E-state index is 13.2. The third-order valence-corrected chi connectivity index (χ3v) is 9.44. The van der Waals surface area contributed by atoms with E-state index in [1.807, 2.05) is 0 Å². The summed E-state index contributed by atoms with van der Waals surface area (Å²) in [6.07, 6.45) is 11.5. The van der Waals surface area contributed by atoms with E-state index < -0.39 is 32.0 Å². The van der Waals surface area contributed by atoms with Crippen LogP contribution in [0.4, 0.5) is 10.1 Å². The van der Waals surface area contributed by atoms with Gasteiger partial charge in [0.1, 0.15) is 11.9 Å². The monoisotopic (exact) mass is 570 g/mol. The molecule has 39 heavy (non-hydrogen) atoms. The molecule has 9 nitrogen and oxygen atoms in total. The van der Waals surface area contributed by atoms with Gasteiger partial charge in [-0.1, -0.05) is 24.1 Å². The van der Waals surface area contributed by atoms with Crippen molar-refractivity contribution in [2.24, 2.45) is 0 Å². The molecule has 2 aromatic carbocycles. The molecule has 12 heteroatoms. The van der Waals surface area contributed by atoms with Gasteiger partial charge >= 0.3 is 0 Å². The highest BCUT2D eigenvalue weighted by molar-refractivity contribution is 8.09. The van der Waals surface area contributed by atoms with E-state index in [2.05, 4.69) is 15.8 Å². The van der Waals surface area contributed by atoms with Crippen LogP contribution in [0.15, 0.2) is 60.8 Å². The second-order valence-electron chi connectivity index (χ2n) is 9.24. The number of nitrogens with zero attached hydrogens (tertiary/aromatic N) is 4. The Bertz CT molecular complexity index is 1650. The molecule has 3 aromatic rings. The van der Waals surface area contributed by atoms with Gasteiger partial charge in [0.2, 0.25) is 26.0 Å². The quantitative estimate of drug-likeness (QED) is 0.317. The van der Waals surface area contributed by atoms with Crippen LogP contribution in [-0.2, 0) is 31.4 Å². The molecule has 0 unspecified atom stereocenters. The molecule has 0 aliphatic carbocycles. The van der Waals surface area contributed by atoms with Crippen molar-refractivity contribution in [2.45, 2.75) is 12.6 Å². The van der Waals surface area contributed by atoms with Crippen LogP contribution in [0.2, 0.25) is 0 Å². The van der Waals surface area contributed by atoms with Crippen molar-refractivity contribution in [3.8, 4) is 12.3 Å². The summed E-state index contributed by atoms with van der Waals surface area (Å²) in [7, 11) is -8.46. The van der Waals surface area contributed by atoms with Gasteiger partial charge in [-0.2, -0.15) is 3.71 Å². The van der Waals surface area contributed by atoms with E-state index in [-0.39, 0.29) is 17.1 Å². The van der Waals surface area contributed by atoms with Crippen LogP contribution in [0, 0.1) is 18.2 Å². The summed E-state index contributed by atoms with van der Waals surface area (Å²) >= 11 is 0. The van der Waals surface area contributed by atoms with E-state index in [9.17, 15) is 26.0 Å². The van der Waals surface area contributed by atoms with E-state index in [0.717, 1.165) is 18.1 Å². The number of anilines is 1. The summed E-state index contributed by atoms with van der Waals surface area (Å²) in [6.45, 7) is 1.84. The minimum Gasteiger partial charge on any atom is -0.323 e. The maximum Gasteiger partial charge on any atom is 0.247 e. The Morgan fingerprint density at radius 2 is 1.82 bits per heavy atom. The van der Waals surface area contributed by atoms with Crippen LogP contribution in [0.1, 0.15) is 11.1 Å². The minimum absolute atomic E-state index is 0.123. The molecule has 1 atom stereocenters. The predicted molar refractivity (Wildman–Crippen MR) is 149 cm³/mol. The molecule has 1 saturated heterocycles. The van der Waals surface area contributed by atoms with Crippen molar-refractivity contribution >= 4 is 48.6 Å². The van der Waals surface area contributed by atoms with Gasteiger partial charge in [0, 0.05) is 49.4 Å². The summed E-state index contributed by atoms with van der Waals surface area (Å²) in [5, 5.41) is 0.526. The van der Waals surface area contributed by atoms with Crippen LogP contribution in [0.3, 0.4) is 0 Å². The zero-order chi connectivity index (χ0) is 28.4. The molecule has 2 heterocycles. The van der Waals surface area contributed by atoms with Gasteiger partial charge in [0.15, 0.2) is 0 Å². The van der Waals surface area contributed by atoms with Crippen molar-refractivity contribution < 1.29 is 26.0 Å². The standard InChI is InChI=1S/C27H27FN4O5S2/c1-4-24-19-30(18-20-7-10-23(28)11-8-20)14-15-31(24)27(33)12-9-22-16-25-21(6-5-13-29-25)17-26(22)32(38(2,34)35)39(3,36)37/h1,5-13,16-17,24H,14-15,18-19H2,2-3H3/b12-9+/t24-/m1/s1. The van der Waals surface area contributed by atoms with Crippen LogP contribution in [0.25, 0.3) is 17.0 Å². The average molecular weight is 571 g/mol. The molecular weight excluding hydrogens is 543 g/mol. The van der Waals surface area contributed by atoms with Crippen molar-refractivity contribution in [1.82, 2.24) is 14.8 Å². The number of hydrogen-bond acceptors (Lipinski definition) is 7. The molecule has 0 radical (unpaired) electrons. The van der Waals surface area contributed by atoms with Gasteiger partial charge in [-0.15, -0.1) is 6.42 Å². The van der Waals surface area contributed by atoms with E-state index >= 15 is 0 Å². The highest BCUT2D eigenvalue weighted by atomic mass is 32.3. The number of benzene rings is 2. The Labute approximate surface area is 227 Å². The number of amides is 1. The van der Waals surface area contributed by atoms with Crippen molar-refractivity contribution in [1.29, 1.82) is 0 Å². The fourth-order valence-electron chi connectivity index (χ4n) is 4.51. The summed E-state index contributed by atoms with van der Waals surface area (Å²) < 4.78 is 63.6. The number of sulfonamides is 2. The summed E-state index contributed by atoms with van der Waals surface area (Å²) in [4.78, 5) is 21.1. The highest BCUT2D eigenvalue weighted by Crippen LogP contribution is 2.31. The van der Waals surface area contributed by atoms with E-state index in [0.29, 0.717) is 40.8 Å². The second kappa shape index (κ2) is 11.1. The Hall–Kier alpha value is -3.79. The number of terminal acetylenes is 1. The highest BCUT2D eigenvalue weighted by Gasteiger charge is 2.30. The molecule has 0 saturated carbocycles. The van der Waals surface area contributed by atoms with Crippen LogP contribution in [0.5, 0.6) is 0 Å². The molecular formula is C27H27FN4O5S2. The summed E-state index contributed by atoms with van der Waals surface area (Å²) in [6, 6.07) is 11.9. The molecule has 1 amide bonds. The van der Waals surface area contributed by atoms with Crippen LogP contribution >= 0.6 is 0 Å². The molecule has 1 aliphatic heterocycles. The number of piperazine rings is 1. The van der Waals surface area contributed by atoms with Crippen molar-refractivity contribution in [3.05, 3.63) is 77.7 Å². The third kappa shape index (κ3) is 6.62. The van der Waals surface area contributed by atoms with Crippen molar-refractivity contribution in [2.75, 3.05) is 35.9 Å². The largest absolute Gasteiger partial charge is 0.323 e. The normalized spacial score (nSPS) is 16.9. The Morgan fingerprint density at radius 1 is 1.13 bits per heavy atom. The first-order chi connectivity index (χ1) is 18.4. The zero-order valence-corrected chi connectivity index (χ0v) is 23.0. The number of fused-ring (bicyclic) bond motifs is 1. The van der Waals surface area contributed by atoms with Gasteiger partial charge in [0.25, 0.3) is 0 Å². The van der Waals surface area contributed by atoms with Crippen LogP contribution in [-0.4, -0.2) is 75.7 Å². The molecule has 0 spiro atoms. The summed E-state index contributed by atoms with van der Waals surface area (Å²) in [5.41, 5.74) is 1.47. The second-order valence-corrected chi connectivity index (χ2v) is 13.1.